The van der Waals surface area contributed by atoms with Crippen LogP contribution in [0.1, 0.15) is 12.0 Å². The van der Waals surface area contributed by atoms with E-state index in [1.165, 1.54) is 6.07 Å². The van der Waals surface area contributed by atoms with Gasteiger partial charge in [0.2, 0.25) is 0 Å². The minimum atomic E-state index is -0.371. The molecule has 0 spiro atoms. The smallest absolute Gasteiger partial charge is 0.269 e. The summed E-state index contributed by atoms with van der Waals surface area (Å²) in [7, 11) is 0. The summed E-state index contributed by atoms with van der Waals surface area (Å²) >= 11 is 0. The summed E-state index contributed by atoms with van der Waals surface area (Å²) in [6, 6.07) is 9.02. The molecule has 0 aromatic heterocycles. The monoisotopic (exact) mass is 304 g/mol. The lowest BCUT2D eigenvalue weighted by Crippen LogP contribution is -2.52. The number of hydrogen-bond donors (Lipinski definition) is 1. The van der Waals surface area contributed by atoms with Crippen molar-refractivity contribution in [2.24, 2.45) is 0 Å². The second-order valence-corrected chi connectivity index (χ2v) is 5.24. The molecule has 1 aromatic carbocycles. The van der Waals surface area contributed by atoms with E-state index in [0.717, 1.165) is 25.2 Å². The molecule has 1 aliphatic rings. The van der Waals surface area contributed by atoms with E-state index in [1.807, 2.05) is 6.07 Å². The first kappa shape index (κ1) is 16.4. The molecule has 0 radical (unpaired) electrons. The topological polar surface area (TPSA) is 91.4 Å². The van der Waals surface area contributed by atoms with E-state index in [-0.39, 0.29) is 16.7 Å². The maximum atomic E-state index is 10.8. The van der Waals surface area contributed by atoms with Crippen LogP contribution in [0.3, 0.4) is 0 Å². The predicted molar refractivity (Wildman–Crippen MR) is 81.2 cm³/mol. The van der Waals surface area contributed by atoms with Gasteiger partial charge in [0.25, 0.3) is 5.69 Å². The van der Waals surface area contributed by atoms with Gasteiger partial charge in [-0.05, 0) is 5.56 Å². The highest BCUT2D eigenvalue weighted by Crippen LogP contribution is 2.16. The Labute approximate surface area is 129 Å². The van der Waals surface area contributed by atoms with E-state index in [9.17, 15) is 10.1 Å². The summed E-state index contributed by atoms with van der Waals surface area (Å²) in [6.45, 7) is 4.25. The molecule has 22 heavy (non-hydrogen) atoms. The number of nitrogens with one attached hydrogen (secondary N) is 1. The minimum absolute atomic E-state index is 0.120. The van der Waals surface area contributed by atoms with Gasteiger partial charge in [-0.25, -0.2) is 0 Å². The molecule has 7 heteroatoms. The molecular weight excluding hydrogens is 284 g/mol. The van der Waals surface area contributed by atoms with Crippen molar-refractivity contribution in [3.8, 4) is 6.07 Å². The summed E-state index contributed by atoms with van der Waals surface area (Å²) in [5.74, 6) is 0. The van der Waals surface area contributed by atoms with Crippen LogP contribution in [-0.4, -0.2) is 48.7 Å². The Bertz CT molecular complexity index is 544. The normalized spacial score (nSPS) is 18.8. The van der Waals surface area contributed by atoms with Gasteiger partial charge in [0, 0.05) is 44.4 Å². The number of nitrogens with zero attached hydrogens (tertiary/aromatic N) is 3. The maximum absolute atomic E-state index is 10.8. The number of nitro benzene ring substituents is 1. The summed E-state index contributed by atoms with van der Waals surface area (Å²) in [4.78, 5) is 12.7. The van der Waals surface area contributed by atoms with Crippen molar-refractivity contribution in [3.05, 3.63) is 39.9 Å². The molecule has 0 saturated carbocycles. The largest absolute Gasteiger partial charge is 0.379 e. The first-order chi connectivity index (χ1) is 10.7. The SMILES string of the molecule is N#CCCOCC1CNCCN1Cc1cccc([N+](=O)[O-])c1. The predicted octanol–water partition coefficient (Wildman–Crippen LogP) is 1.30. The summed E-state index contributed by atoms with van der Waals surface area (Å²) in [5.41, 5.74) is 1.05. The molecule has 1 atom stereocenters. The van der Waals surface area contributed by atoms with E-state index in [2.05, 4.69) is 16.3 Å². The van der Waals surface area contributed by atoms with Gasteiger partial charge in [-0.15, -0.1) is 0 Å². The van der Waals surface area contributed by atoms with Crippen molar-refractivity contribution in [1.29, 1.82) is 5.26 Å². The molecule has 1 saturated heterocycles. The summed E-state index contributed by atoms with van der Waals surface area (Å²) in [5, 5.41) is 22.7. The van der Waals surface area contributed by atoms with E-state index in [4.69, 9.17) is 10.00 Å². The number of nitro groups is 1. The Morgan fingerprint density at radius 1 is 1.55 bits per heavy atom. The van der Waals surface area contributed by atoms with Gasteiger partial charge in [-0.3, -0.25) is 15.0 Å². The molecule has 0 bridgehead atoms. The Kier molecular flexibility index (Phi) is 6.27. The van der Waals surface area contributed by atoms with Crippen LogP contribution >= 0.6 is 0 Å². The lowest BCUT2D eigenvalue weighted by atomic mass is 10.1. The molecule has 1 aliphatic heterocycles. The van der Waals surface area contributed by atoms with Gasteiger partial charge in [-0.2, -0.15) is 5.26 Å². The Balaban J connectivity index is 1.94. The van der Waals surface area contributed by atoms with Crippen LogP contribution in [0.2, 0.25) is 0 Å². The third-order valence-corrected chi connectivity index (χ3v) is 3.65. The molecule has 1 heterocycles. The fourth-order valence-electron chi connectivity index (χ4n) is 2.52. The molecule has 2 rings (SSSR count). The zero-order valence-electron chi connectivity index (χ0n) is 12.4. The first-order valence-electron chi connectivity index (χ1n) is 7.33. The first-order valence-corrected chi connectivity index (χ1v) is 7.33. The van der Waals surface area contributed by atoms with Crippen molar-refractivity contribution in [2.75, 3.05) is 32.8 Å². The highest BCUT2D eigenvalue weighted by Gasteiger charge is 2.22. The molecule has 1 N–H and O–H groups in total. The molecule has 1 unspecified atom stereocenters. The lowest BCUT2D eigenvalue weighted by molar-refractivity contribution is -0.384. The number of benzene rings is 1. The van der Waals surface area contributed by atoms with Crippen LogP contribution in [0.5, 0.6) is 0 Å². The van der Waals surface area contributed by atoms with Gasteiger partial charge < -0.3 is 10.1 Å². The van der Waals surface area contributed by atoms with Crippen LogP contribution < -0.4 is 5.32 Å². The second kappa shape index (κ2) is 8.44. The molecule has 118 valence electrons. The van der Waals surface area contributed by atoms with Gasteiger partial charge in [0.1, 0.15) is 0 Å². The van der Waals surface area contributed by atoms with Crippen LogP contribution in [0, 0.1) is 21.4 Å². The van der Waals surface area contributed by atoms with Gasteiger partial charge in [0.15, 0.2) is 0 Å². The van der Waals surface area contributed by atoms with Gasteiger partial charge >= 0.3 is 0 Å². The highest BCUT2D eigenvalue weighted by molar-refractivity contribution is 5.34. The van der Waals surface area contributed by atoms with E-state index < -0.39 is 0 Å². The highest BCUT2D eigenvalue weighted by atomic mass is 16.6. The molecule has 0 amide bonds. The summed E-state index contributed by atoms with van der Waals surface area (Å²) < 4.78 is 5.53. The molecule has 1 fully saturated rings. The standard InChI is InChI=1S/C15H20N4O3/c16-5-2-8-22-12-15-10-17-6-7-18(15)11-13-3-1-4-14(9-13)19(20)21/h1,3-4,9,15,17H,2,6-8,10-12H2. The van der Waals surface area contributed by atoms with E-state index >= 15 is 0 Å². The van der Waals surface area contributed by atoms with Crippen LogP contribution in [0.4, 0.5) is 5.69 Å². The third-order valence-electron chi connectivity index (χ3n) is 3.65. The number of rotatable bonds is 7. The van der Waals surface area contributed by atoms with Crippen molar-refractivity contribution in [2.45, 2.75) is 19.0 Å². The lowest BCUT2D eigenvalue weighted by Gasteiger charge is -2.36. The van der Waals surface area contributed by atoms with Crippen LogP contribution in [0.25, 0.3) is 0 Å². The third kappa shape index (κ3) is 4.77. The van der Waals surface area contributed by atoms with Gasteiger partial charge in [0.05, 0.1) is 30.6 Å². The molecule has 1 aromatic rings. The second-order valence-electron chi connectivity index (χ2n) is 5.24. The maximum Gasteiger partial charge on any atom is 0.269 e. The molecule has 0 aliphatic carbocycles. The Morgan fingerprint density at radius 2 is 2.41 bits per heavy atom. The number of non-ortho nitro benzene ring substituents is 1. The fourth-order valence-corrected chi connectivity index (χ4v) is 2.52. The van der Waals surface area contributed by atoms with Crippen molar-refractivity contribution >= 4 is 5.69 Å². The van der Waals surface area contributed by atoms with Crippen molar-refractivity contribution in [1.82, 2.24) is 10.2 Å². The fraction of sp³-hybridized carbons (Fsp3) is 0.533. The number of nitriles is 1. The quantitative estimate of drug-likeness (QED) is 0.464. The van der Waals surface area contributed by atoms with E-state index in [0.29, 0.717) is 26.2 Å². The molecular formula is C15H20N4O3. The van der Waals surface area contributed by atoms with E-state index in [1.54, 1.807) is 12.1 Å². The Morgan fingerprint density at radius 3 is 3.18 bits per heavy atom. The average molecular weight is 304 g/mol. The zero-order valence-corrected chi connectivity index (χ0v) is 12.4. The zero-order chi connectivity index (χ0) is 15.8. The average Bonchev–Trinajstić information content (AvgIpc) is 2.53. The number of piperazine rings is 1. The number of ether oxygens (including phenoxy) is 1. The minimum Gasteiger partial charge on any atom is -0.379 e. The molecule has 7 nitrogen and oxygen atoms in total. The Hall–Kier alpha value is -2.01. The van der Waals surface area contributed by atoms with Crippen molar-refractivity contribution < 1.29 is 9.66 Å². The summed E-state index contributed by atoms with van der Waals surface area (Å²) in [6.07, 6.45) is 0.394. The van der Waals surface area contributed by atoms with Crippen LogP contribution in [-0.2, 0) is 11.3 Å². The van der Waals surface area contributed by atoms with Crippen LogP contribution in [0.15, 0.2) is 24.3 Å². The van der Waals surface area contributed by atoms with Gasteiger partial charge in [-0.1, -0.05) is 12.1 Å². The number of hydrogen-bond acceptors (Lipinski definition) is 6. The van der Waals surface area contributed by atoms with Crippen molar-refractivity contribution in [3.63, 3.8) is 0 Å².